The van der Waals surface area contributed by atoms with Crippen LogP contribution in [0, 0.1) is 5.92 Å². The summed E-state index contributed by atoms with van der Waals surface area (Å²) in [5.74, 6) is 0.399. The van der Waals surface area contributed by atoms with Crippen LogP contribution in [0.3, 0.4) is 0 Å². The van der Waals surface area contributed by atoms with E-state index in [1.165, 1.54) is 0 Å². The Morgan fingerprint density at radius 3 is 2.61 bits per heavy atom. The van der Waals surface area contributed by atoms with Crippen molar-refractivity contribution in [2.24, 2.45) is 5.92 Å². The van der Waals surface area contributed by atoms with E-state index in [-0.39, 0.29) is 41.8 Å². The van der Waals surface area contributed by atoms with Crippen molar-refractivity contribution in [3.63, 3.8) is 0 Å². The maximum absolute atomic E-state index is 11.9. The van der Waals surface area contributed by atoms with Gasteiger partial charge in [-0.05, 0) is 32.2 Å². The summed E-state index contributed by atoms with van der Waals surface area (Å²) in [4.78, 5) is 11.9. The van der Waals surface area contributed by atoms with Gasteiger partial charge in [-0.25, -0.2) is 8.42 Å². The summed E-state index contributed by atoms with van der Waals surface area (Å²) < 4.78 is 22.9. The molecular formula is C11H21ClN2O3S. The summed E-state index contributed by atoms with van der Waals surface area (Å²) in [5.41, 5.74) is 0. The van der Waals surface area contributed by atoms with E-state index in [1.807, 2.05) is 0 Å². The molecule has 18 heavy (non-hydrogen) atoms. The first-order valence-electron chi connectivity index (χ1n) is 6.28. The number of amides is 1. The quantitative estimate of drug-likeness (QED) is 0.758. The molecule has 2 heterocycles. The number of nitrogens with one attached hydrogen (secondary N) is 2. The van der Waals surface area contributed by atoms with Gasteiger partial charge in [0.15, 0.2) is 9.84 Å². The van der Waals surface area contributed by atoms with Crippen LogP contribution < -0.4 is 10.6 Å². The minimum Gasteiger partial charge on any atom is -0.352 e. The highest BCUT2D eigenvalue weighted by atomic mass is 35.5. The molecule has 0 bridgehead atoms. The molecule has 1 amide bonds. The molecule has 2 fully saturated rings. The second-order valence-electron chi connectivity index (χ2n) is 5.01. The number of hydrogen-bond acceptors (Lipinski definition) is 4. The van der Waals surface area contributed by atoms with Gasteiger partial charge in [-0.1, -0.05) is 0 Å². The van der Waals surface area contributed by atoms with E-state index in [2.05, 4.69) is 10.6 Å². The van der Waals surface area contributed by atoms with Crippen molar-refractivity contribution in [2.75, 3.05) is 24.6 Å². The Labute approximate surface area is 114 Å². The van der Waals surface area contributed by atoms with Gasteiger partial charge >= 0.3 is 0 Å². The first-order chi connectivity index (χ1) is 8.07. The monoisotopic (exact) mass is 296 g/mol. The molecule has 106 valence electrons. The SMILES string of the molecule is Cl.O=C(NC1CCCS(=O)(=O)C1)[C@@H]1CCCNC1. The zero-order chi connectivity index (χ0) is 12.3. The van der Waals surface area contributed by atoms with E-state index in [1.54, 1.807) is 0 Å². The van der Waals surface area contributed by atoms with Crippen molar-refractivity contribution in [3.05, 3.63) is 0 Å². The maximum Gasteiger partial charge on any atom is 0.224 e. The Kier molecular flexibility index (Phi) is 5.88. The second-order valence-corrected chi connectivity index (χ2v) is 7.23. The lowest BCUT2D eigenvalue weighted by Crippen LogP contribution is -2.48. The molecule has 2 rings (SSSR count). The van der Waals surface area contributed by atoms with E-state index in [0.717, 1.165) is 25.8 Å². The minimum absolute atomic E-state index is 0. The number of carbonyl (C=O) groups excluding carboxylic acids is 1. The fraction of sp³-hybridized carbons (Fsp3) is 0.909. The molecule has 0 saturated carbocycles. The summed E-state index contributed by atoms with van der Waals surface area (Å²) in [6.45, 7) is 1.69. The predicted octanol–water partition coefficient (Wildman–Crippen LogP) is 0.101. The number of sulfone groups is 1. The van der Waals surface area contributed by atoms with Crippen molar-refractivity contribution >= 4 is 28.2 Å². The van der Waals surface area contributed by atoms with Crippen LogP contribution in [0.25, 0.3) is 0 Å². The van der Waals surface area contributed by atoms with Gasteiger partial charge in [0.2, 0.25) is 5.91 Å². The van der Waals surface area contributed by atoms with Crippen molar-refractivity contribution < 1.29 is 13.2 Å². The van der Waals surface area contributed by atoms with Crippen molar-refractivity contribution in [2.45, 2.75) is 31.7 Å². The minimum atomic E-state index is -2.94. The average molecular weight is 297 g/mol. The molecule has 2 aliphatic heterocycles. The van der Waals surface area contributed by atoms with Gasteiger partial charge in [0.1, 0.15) is 0 Å². The summed E-state index contributed by atoms with van der Waals surface area (Å²) in [6, 6.07) is -0.178. The number of hydrogen-bond donors (Lipinski definition) is 2. The first-order valence-corrected chi connectivity index (χ1v) is 8.10. The lowest BCUT2D eigenvalue weighted by Gasteiger charge is -2.27. The Morgan fingerprint density at radius 1 is 1.22 bits per heavy atom. The van der Waals surface area contributed by atoms with Crippen molar-refractivity contribution in [1.29, 1.82) is 0 Å². The molecule has 2 atom stereocenters. The Balaban J connectivity index is 0.00000162. The smallest absolute Gasteiger partial charge is 0.224 e. The molecule has 0 spiro atoms. The summed E-state index contributed by atoms with van der Waals surface area (Å²) in [5, 5.41) is 6.08. The Hall–Kier alpha value is -0.330. The molecule has 0 radical (unpaired) electrons. The van der Waals surface area contributed by atoms with E-state index < -0.39 is 9.84 Å². The highest BCUT2D eigenvalue weighted by Crippen LogP contribution is 2.14. The molecule has 1 unspecified atom stereocenters. The van der Waals surface area contributed by atoms with Crippen LogP contribution in [0.5, 0.6) is 0 Å². The zero-order valence-electron chi connectivity index (χ0n) is 10.4. The molecule has 0 aromatic heterocycles. The first kappa shape index (κ1) is 15.7. The van der Waals surface area contributed by atoms with E-state index in [4.69, 9.17) is 0 Å². The van der Waals surface area contributed by atoms with Crippen molar-refractivity contribution in [1.82, 2.24) is 10.6 Å². The molecule has 0 aromatic rings. The number of carbonyl (C=O) groups is 1. The molecule has 0 aliphatic carbocycles. The Morgan fingerprint density at radius 2 is 2.00 bits per heavy atom. The fourth-order valence-electron chi connectivity index (χ4n) is 2.53. The number of halogens is 1. The molecule has 7 heteroatoms. The normalized spacial score (nSPS) is 31.1. The van der Waals surface area contributed by atoms with Gasteiger partial charge in [-0.2, -0.15) is 0 Å². The van der Waals surface area contributed by atoms with Gasteiger partial charge < -0.3 is 10.6 Å². The standard InChI is InChI=1S/C11H20N2O3S.ClH/c14-11(9-3-1-5-12-7-9)13-10-4-2-6-17(15,16)8-10;/h9-10,12H,1-8H2,(H,13,14);1H/t9-,10?;/m1./s1. The van der Waals surface area contributed by atoms with Gasteiger partial charge in [0.05, 0.1) is 17.4 Å². The Bertz CT molecular complexity index is 380. The third kappa shape index (κ3) is 4.40. The van der Waals surface area contributed by atoms with Crippen LogP contribution >= 0.6 is 12.4 Å². The largest absolute Gasteiger partial charge is 0.352 e. The zero-order valence-corrected chi connectivity index (χ0v) is 12.0. The fourth-order valence-corrected chi connectivity index (χ4v) is 4.17. The van der Waals surface area contributed by atoms with Gasteiger partial charge in [0.25, 0.3) is 0 Å². The third-order valence-electron chi connectivity index (χ3n) is 3.48. The topological polar surface area (TPSA) is 75.3 Å². The van der Waals surface area contributed by atoms with Crippen LogP contribution in [0.15, 0.2) is 0 Å². The number of rotatable bonds is 2. The van der Waals surface area contributed by atoms with Gasteiger partial charge in [0, 0.05) is 12.6 Å². The molecule has 2 saturated heterocycles. The van der Waals surface area contributed by atoms with Crippen molar-refractivity contribution in [3.8, 4) is 0 Å². The number of piperidine rings is 1. The predicted molar refractivity (Wildman–Crippen MR) is 72.7 cm³/mol. The molecule has 5 nitrogen and oxygen atoms in total. The maximum atomic E-state index is 11.9. The van der Waals surface area contributed by atoms with Crippen LogP contribution in [0.1, 0.15) is 25.7 Å². The molecule has 0 aromatic carbocycles. The van der Waals surface area contributed by atoms with E-state index >= 15 is 0 Å². The highest BCUT2D eigenvalue weighted by Gasteiger charge is 2.28. The summed E-state index contributed by atoms with van der Waals surface area (Å²) in [7, 11) is -2.94. The molecule has 2 N–H and O–H groups in total. The van der Waals surface area contributed by atoms with Crippen LogP contribution in [-0.2, 0) is 14.6 Å². The second kappa shape index (κ2) is 6.73. The van der Waals surface area contributed by atoms with Gasteiger partial charge in [-0.3, -0.25) is 4.79 Å². The highest BCUT2D eigenvalue weighted by molar-refractivity contribution is 7.91. The molecule has 2 aliphatic rings. The van der Waals surface area contributed by atoms with Gasteiger partial charge in [-0.15, -0.1) is 12.4 Å². The summed E-state index contributed by atoms with van der Waals surface area (Å²) >= 11 is 0. The van der Waals surface area contributed by atoms with Crippen LogP contribution in [-0.4, -0.2) is 45.0 Å². The lowest BCUT2D eigenvalue weighted by molar-refractivity contribution is -0.126. The van der Waals surface area contributed by atoms with E-state index in [0.29, 0.717) is 13.0 Å². The molecular weight excluding hydrogens is 276 g/mol. The van der Waals surface area contributed by atoms with Crippen LogP contribution in [0.4, 0.5) is 0 Å². The summed E-state index contributed by atoms with van der Waals surface area (Å²) in [6.07, 6.45) is 3.36. The lowest BCUT2D eigenvalue weighted by atomic mass is 9.98. The average Bonchev–Trinajstić information content (AvgIpc) is 2.29. The third-order valence-corrected chi connectivity index (χ3v) is 5.30. The van der Waals surface area contributed by atoms with Crippen LogP contribution in [0.2, 0.25) is 0 Å². The van der Waals surface area contributed by atoms with E-state index in [9.17, 15) is 13.2 Å².